The van der Waals surface area contributed by atoms with Crippen molar-refractivity contribution < 1.29 is 4.74 Å². The number of ether oxygens (including phenoxy) is 1. The first-order valence-electron chi connectivity index (χ1n) is 5.82. The van der Waals surface area contributed by atoms with Crippen LogP contribution in [0.3, 0.4) is 0 Å². The molecule has 2 nitrogen and oxygen atoms in total. The molecular weight excluding hydrogens is 246 g/mol. The molecule has 0 saturated heterocycles. The van der Waals surface area contributed by atoms with Crippen molar-refractivity contribution >= 4 is 11.6 Å². The van der Waals surface area contributed by atoms with Crippen molar-refractivity contribution in [1.29, 1.82) is 0 Å². The Balaban J connectivity index is 2.47. The SMILES string of the molecule is CNCc1cc(-c2ccccc2Cl)ccc1OC. The van der Waals surface area contributed by atoms with Gasteiger partial charge in [0.05, 0.1) is 7.11 Å². The molecule has 94 valence electrons. The minimum Gasteiger partial charge on any atom is -0.496 e. The maximum absolute atomic E-state index is 6.21. The standard InChI is InChI=1S/C15H16ClNO/c1-17-10-12-9-11(7-8-15(12)18-2)13-5-3-4-6-14(13)16/h3-9,17H,10H2,1-2H3. The molecule has 3 heteroatoms. The lowest BCUT2D eigenvalue weighted by atomic mass is 10.0. The predicted molar refractivity (Wildman–Crippen MR) is 76.2 cm³/mol. The summed E-state index contributed by atoms with van der Waals surface area (Å²) in [4.78, 5) is 0. The van der Waals surface area contributed by atoms with Gasteiger partial charge in [-0.05, 0) is 30.8 Å². The van der Waals surface area contributed by atoms with Gasteiger partial charge in [-0.15, -0.1) is 0 Å². The quantitative estimate of drug-likeness (QED) is 0.905. The van der Waals surface area contributed by atoms with E-state index in [1.165, 1.54) is 0 Å². The summed E-state index contributed by atoms with van der Waals surface area (Å²) in [5.74, 6) is 0.889. The maximum atomic E-state index is 6.21. The number of halogens is 1. The zero-order valence-corrected chi connectivity index (χ0v) is 11.3. The molecule has 0 radical (unpaired) electrons. The van der Waals surface area contributed by atoms with E-state index in [1.54, 1.807) is 7.11 Å². The first kappa shape index (κ1) is 12.9. The lowest BCUT2D eigenvalue weighted by Gasteiger charge is -2.11. The topological polar surface area (TPSA) is 21.3 Å². The van der Waals surface area contributed by atoms with Crippen LogP contribution in [-0.4, -0.2) is 14.2 Å². The van der Waals surface area contributed by atoms with Gasteiger partial charge in [0.2, 0.25) is 0 Å². The van der Waals surface area contributed by atoms with Crippen LogP contribution in [-0.2, 0) is 6.54 Å². The van der Waals surface area contributed by atoms with Crippen LogP contribution < -0.4 is 10.1 Å². The molecule has 0 fully saturated rings. The van der Waals surface area contributed by atoms with Crippen LogP contribution in [0, 0.1) is 0 Å². The molecule has 0 aliphatic carbocycles. The van der Waals surface area contributed by atoms with E-state index in [4.69, 9.17) is 16.3 Å². The van der Waals surface area contributed by atoms with Gasteiger partial charge in [-0.2, -0.15) is 0 Å². The highest BCUT2D eigenvalue weighted by Gasteiger charge is 2.07. The van der Waals surface area contributed by atoms with E-state index < -0.39 is 0 Å². The third-order valence-electron chi connectivity index (χ3n) is 2.83. The van der Waals surface area contributed by atoms with E-state index >= 15 is 0 Å². The number of rotatable bonds is 4. The zero-order chi connectivity index (χ0) is 13.0. The number of hydrogen-bond donors (Lipinski definition) is 1. The van der Waals surface area contributed by atoms with Gasteiger partial charge in [-0.25, -0.2) is 0 Å². The molecule has 2 aromatic rings. The van der Waals surface area contributed by atoms with Crippen molar-refractivity contribution in [2.75, 3.05) is 14.2 Å². The summed E-state index contributed by atoms with van der Waals surface area (Å²) >= 11 is 6.21. The molecule has 0 atom stereocenters. The number of nitrogens with one attached hydrogen (secondary N) is 1. The van der Waals surface area contributed by atoms with E-state index in [2.05, 4.69) is 11.4 Å². The minimum atomic E-state index is 0.762. The number of benzene rings is 2. The lowest BCUT2D eigenvalue weighted by molar-refractivity contribution is 0.408. The van der Waals surface area contributed by atoms with E-state index in [9.17, 15) is 0 Å². The fraction of sp³-hybridized carbons (Fsp3) is 0.200. The first-order valence-corrected chi connectivity index (χ1v) is 6.20. The van der Waals surface area contributed by atoms with Gasteiger partial charge in [-0.3, -0.25) is 0 Å². The Morgan fingerprint density at radius 2 is 1.94 bits per heavy atom. The number of hydrogen-bond acceptors (Lipinski definition) is 2. The second-order valence-electron chi connectivity index (χ2n) is 4.04. The Bertz CT molecular complexity index is 540. The normalized spacial score (nSPS) is 10.4. The van der Waals surface area contributed by atoms with Gasteiger partial charge in [-0.1, -0.05) is 35.9 Å². The first-order chi connectivity index (χ1) is 8.76. The van der Waals surface area contributed by atoms with Gasteiger partial charge in [0.15, 0.2) is 0 Å². The summed E-state index contributed by atoms with van der Waals surface area (Å²) in [6.45, 7) is 0.765. The van der Waals surface area contributed by atoms with Gasteiger partial charge in [0.1, 0.15) is 5.75 Å². The number of methoxy groups -OCH3 is 1. The molecule has 0 unspecified atom stereocenters. The third kappa shape index (κ3) is 2.66. The molecular formula is C15H16ClNO. The van der Waals surface area contributed by atoms with Crippen LogP contribution in [0.1, 0.15) is 5.56 Å². The summed E-state index contributed by atoms with van der Waals surface area (Å²) in [7, 11) is 3.60. The molecule has 0 aliphatic rings. The molecule has 2 rings (SSSR count). The molecule has 0 aliphatic heterocycles. The van der Waals surface area contributed by atoms with E-state index in [-0.39, 0.29) is 0 Å². The van der Waals surface area contributed by atoms with Crippen molar-refractivity contribution in [3.63, 3.8) is 0 Å². The van der Waals surface area contributed by atoms with Crippen molar-refractivity contribution in [3.8, 4) is 16.9 Å². The van der Waals surface area contributed by atoms with Crippen LogP contribution >= 0.6 is 11.6 Å². The smallest absolute Gasteiger partial charge is 0.123 e. The largest absolute Gasteiger partial charge is 0.496 e. The average molecular weight is 262 g/mol. The Morgan fingerprint density at radius 1 is 1.17 bits per heavy atom. The van der Waals surface area contributed by atoms with Crippen LogP contribution in [0.4, 0.5) is 0 Å². The van der Waals surface area contributed by atoms with Crippen LogP contribution in [0.2, 0.25) is 5.02 Å². The summed E-state index contributed by atoms with van der Waals surface area (Å²) in [5, 5.41) is 3.90. The molecule has 18 heavy (non-hydrogen) atoms. The van der Waals surface area contributed by atoms with Crippen LogP contribution in [0.15, 0.2) is 42.5 Å². The third-order valence-corrected chi connectivity index (χ3v) is 3.16. The fourth-order valence-electron chi connectivity index (χ4n) is 1.97. The molecule has 0 spiro atoms. The monoisotopic (exact) mass is 261 g/mol. The van der Waals surface area contributed by atoms with Gasteiger partial charge in [0, 0.05) is 22.7 Å². The fourth-order valence-corrected chi connectivity index (χ4v) is 2.21. The van der Waals surface area contributed by atoms with Gasteiger partial charge >= 0.3 is 0 Å². The summed E-state index contributed by atoms with van der Waals surface area (Å²) in [5.41, 5.74) is 3.27. The summed E-state index contributed by atoms with van der Waals surface area (Å²) < 4.78 is 5.35. The zero-order valence-electron chi connectivity index (χ0n) is 10.5. The van der Waals surface area contributed by atoms with E-state index in [0.717, 1.165) is 34.0 Å². The molecule has 0 saturated carbocycles. The van der Waals surface area contributed by atoms with Crippen molar-refractivity contribution in [3.05, 3.63) is 53.1 Å². The molecule has 0 aromatic heterocycles. The Hall–Kier alpha value is -1.51. The molecule has 0 bridgehead atoms. The predicted octanol–water partition coefficient (Wildman–Crippen LogP) is 3.74. The molecule has 0 heterocycles. The van der Waals surface area contributed by atoms with Crippen molar-refractivity contribution in [2.24, 2.45) is 0 Å². The van der Waals surface area contributed by atoms with Crippen molar-refractivity contribution in [2.45, 2.75) is 6.54 Å². The Kier molecular flexibility index (Phi) is 4.24. The Morgan fingerprint density at radius 3 is 2.61 bits per heavy atom. The molecule has 0 amide bonds. The van der Waals surface area contributed by atoms with Crippen molar-refractivity contribution in [1.82, 2.24) is 5.32 Å². The summed E-state index contributed by atoms with van der Waals surface area (Å²) in [6.07, 6.45) is 0. The summed E-state index contributed by atoms with van der Waals surface area (Å²) in [6, 6.07) is 14.0. The highest BCUT2D eigenvalue weighted by atomic mass is 35.5. The highest BCUT2D eigenvalue weighted by molar-refractivity contribution is 6.33. The van der Waals surface area contributed by atoms with E-state index in [0.29, 0.717) is 0 Å². The molecule has 2 aromatic carbocycles. The van der Waals surface area contributed by atoms with Crippen LogP contribution in [0.5, 0.6) is 5.75 Å². The van der Waals surface area contributed by atoms with Crippen LogP contribution in [0.25, 0.3) is 11.1 Å². The van der Waals surface area contributed by atoms with Gasteiger partial charge in [0.25, 0.3) is 0 Å². The Labute approximate surface area is 113 Å². The maximum Gasteiger partial charge on any atom is 0.123 e. The highest BCUT2D eigenvalue weighted by Crippen LogP contribution is 2.31. The second-order valence-corrected chi connectivity index (χ2v) is 4.44. The molecule has 1 N–H and O–H groups in total. The minimum absolute atomic E-state index is 0.762. The van der Waals surface area contributed by atoms with Gasteiger partial charge < -0.3 is 10.1 Å². The average Bonchev–Trinajstić information content (AvgIpc) is 2.40. The second kappa shape index (κ2) is 5.89. The van der Waals surface area contributed by atoms with E-state index in [1.807, 2.05) is 43.4 Å². The lowest BCUT2D eigenvalue weighted by Crippen LogP contribution is -2.06.